The zero-order chi connectivity index (χ0) is 50.8. The van der Waals surface area contributed by atoms with Crippen LogP contribution in [-0.2, 0) is 9.59 Å². The Morgan fingerprint density at radius 2 is 0.879 bits per heavy atom. The fraction of sp³-hybridized carbons (Fsp3) is 0.966. The van der Waals surface area contributed by atoms with Crippen LogP contribution in [0.3, 0.4) is 0 Å². The SMILES string of the molecule is CC(C)N1CC(=O)CCC1(C)C.CC(C)N1CCCC(=O)C1(C)C.CC(C)N1CCCC(C)(C)C1.CC(C)N1CCCCC1(C)C.CC(C)N1CCC[C@@H](C)C1.CC(C)N1CCC[C@H](C)C1. The van der Waals surface area contributed by atoms with Crippen LogP contribution in [0.5, 0.6) is 0 Å². The van der Waals surface area contributed by atoms with Gasteiger partial charge in [-0.05, 0) is 239 Å². The largest absolute Gasteiger partial charge is 0.301 e. The molecule has 0 N–H and O–H groups in total. The maximum atomic E-state index is 11.6. The summed E-state index contributed by atoms with van der Waals surface area (Å²) < 4.78 is 0. The summed E-state index contributed by atoms with van der Waals surface area (Å²) in [5, 5.41) is 0. The van der Waals surface area contributed by atoms with Crippen LogP contribution in [0.4, 0.5) is 0 Å². The van der Waals surface area contributed by atoms with Gasteiger partial charge in [-0.1, -0.05) is 34.1 Å². The number of Topliss-reactive ketones (excluding diaryl/α,β-unsaturated/α-hetero) is 2. The molecule has 0 aromatic heterocycles. The monoisotopic (exact) mass is 931 g/mol. The first-order chi connectivity index (χ1) is 30.3. The lowest BCUT2D eigenvalue weighted by molar-refractivity contribution is -0.134. The van der Waals surface area contributed by atoms with E-state index in [1.54, 1.807) is 0 Å². The number of hydrogen-bond donors (Lipinski definition) is 0. The van der Waals surface area contributed by atoms with Gasteiger partial charge < -0.3 is 14.7 Å². The lowest BCUT2D eigenvalue weighted by atomic mass is 9.84. The van der Waals surface area contributed by atoms with E-state index in [-0.39, 0.29) is 11.1 Å². The number of carbonyl (C=O) groups is 2. The lowest BCUT2D eigenvalue weighted by Gasteiger charge is -2.45. The Bertz CT molecular complexity index is 1300. The van der Waals surface area contributed by atoms with Gasteiger partial charge in [-0.2, -0.15) is 0 Å². The zero-order valence-corrected chi connectivity index (χ0v) is 48.7. The molecule has 0 radical (unpaired) electrons. The Morgan fingerprint density at radius 1 is 0.439 bits per heavy atom. The van der Waals surface area contributed by atoms with E-state index in [1.807, 2.05) is 13.8 Å². The summed E-state index contributed by atoms with van der Waals surface area (Å²) in [7, 11) is 0. The second-order valence-corrected chi connectivity index (χ2v) is 26.0. The normalized spacial score (nSPS) is 26.6. The Balaban J connectivity index is 0.000000397. The topological polar surface area (TPSA) is 53.6 Å². The van der Waals surface area contributed by atoms with Crippen molar-refractivity contribution in [3.63, 3.8) is 0 Å². The fourth-order valence-corrected chi connectivity index (χ4v) is 11.6. The molecule has 8 nitrogen and oxygen atoms in total. The molecule has 0 spiro atoms. The van der Waals surface area contributed by atoms with Crippen LogP contribution < -0.4 is 0 Å². The summed E-state index contributed by atoms with van der Waals surface area (Å²) in [4.78, 5) is 37.8. The number of hydrogen-bond acceptors (Lipinski definition) is 8. The average molecular weight is 932 g/mol. The molecular formula is C58H118N6O2. The predicted octanol–water partition coefficient (Wildman–Crippen LogP) is 13.1. The van der Waals surface area contributed by atoms with Crippen molar-refractivity contribution in [2.75, 3.05) is 58.9 Å². The third-order valence-corrected chi connectivity index (χ3v) is 15.9. The van der Waals surface area contributed by atoms with Gasteiger partial charge in [-0.25, -0.2) is 0 Å². The molecule has 0 aliphatic carbocycles. The Kier molecular flexibility index (Phi) is 28.2. The molecule has 6 aliphatic heterocycles. The van der Waals surface area contributed by atoms with Crippen LogP contribution in [0, 0.1) is 17.3 Å². The van der Waals surface area contributed by atoms with Gasteiger partial charge in [0.1, 0.15) is 5.78 Å². The zero-order valence-electron chi connectivity index (χ0n) is 48.7. The maximum absolute atomic E-state index is 11.6. The highest BCUT2D eigenvalue weighted by molar-refractivity contribution is 5.88. The molecule has 6 rings (SSSR count). The molecule has 6 fully saturated rings. The molecule has 8 heteroatoms. The quantitative estimate of drug-likeness (QED) is 0.261. The van der Waals surface area contributed by atoms with Crippen molar-refractivity contribution in [1.29, 1.82) is 0 Å². The molecule has 0 bridgehead atoms. The summed E-state index contributed by atoms with van der Waals surface area (Å²) in [6, 6.07) is 3.90. The first-order valence-electron chi connectivity index (χ1n) is 27.9. The van der Waals surface area contributed by atoms with Crippen LogP contribution in [0.15, 0.2) is 0 Å². The molecule has 2 atom stereocenters. The van der Waals surface area contributed by atoms with E-state index >= 15 is 0 Å². The first kappa shape index (κ1) is 63.1. The number of ketones is 2. The van der Waals surface area contributed by atoms with E-state index in [4.69, 9.17) is 0 Å². The van der Waals surface area contributed by atoms with Crippen LogP contribution in [0.1, 0.15) is 236 Å². The summed E-state index contributed by atoms with van der Waals surface area (Å²) in [5.41, 5.74) is 0.990. The van der Waals surface area contributed by atoms with E-state index in [9.17, 15) is 9.59 Å². The average Bonchev–Trinajstić information content (AvgIpc) is 3.20. The molecule has 66 heavy (non-hydrogen) atoms. The van der Waals surface area contributed by atoms with Gasteiger partial charge in [0.05, 0.1) is 12.1 Å². The van der Waals surface area contributed by atoms with Gasteiger partial charge in [-0.3, -0.25) is 24.3 Å². The third-order valence-electron chi connectivity index (χ3n) is 15.9. The van der Waals surface area contributed by atoms with Gasteiger partial charge >= 0.3 is 0 Å². The summed E-state index contributed by atoms with van der Waals surface area (Å²) >= 11 is 0. The highest BCUT2D eigenvalue weighted by atomic mass is 16.1. The van der Waals surface area contributed by atoms with Crippen molar-refractivity contribution in [1.82, 2.24) is 29.4 Å². The van der Waals surface area contributed by atoms with Crippen molar-refractivity contribution in [3.05, 3.63) is 0 Å². The van der Waals surface area contributed by atoms with Crippen LogP contribution in [0.25, 0.3) is 0 Å². The molecule has 0 unspecified atom stereocenters. The molecule has 0 aromatic carbocycles. The van der Waals surface area contributed by atoms with E-state index in [2.05, 4.69) is 168 Å². The number of nitrogens with zero attached hydrogens (tertiary/aromatic N) is 6. The molecule has 6 aliphatic rings. The minimum atomic E-state index is -0.230. The van der Waals surface area contributed by atoms with Crippen molar-refractivity contribution in [3.8, 4) is 0 Å². The Labute approximate surface area is 413 Å². The predicted molar refractivity (Wildman–Crippen MR) is 290 cm³/mol. The van der Waals surface area contributed by atoms with Gasteiger partial charge in [0, 0.05) is 79.8 Å². The maximum Gasteiger partial charge on any atom is 0.152 e. The number of likely N-dealkylation sites (tertiary alicyclic amines) is 6. The van der Waals surface area contributed by atoms with Gasteiger partial charge in [0.25, 0.3) is 0 Å². The smallest absolute Gasteiger partial charge is 0.152 e. The van der Waals surface area contributed by atoms with Crippen molar-refractivity contribution in [2.24, 2.45) is 17.3 Å². The summed E-state index contributed by atoms with van der Waals surface area (Å²) in [6.07, 6.45) is 16.2. The minimum Gasteiger partial charge on any atom is -0.301 e. The summed E-state index contributed by atoms with van der Waals surface area (Å²) in [6.45, 7) is 60.5. The number of carbonyl (C=O) groups excluding carboxylic acids is 2. The van der Waals surface area contributed by atoms with Crippen LogP contribution >= 0.6 is 0 Å². The number of rotatable bonds is 6. The first-order valence-corrected chi connectivity index (χ1v) is 27.9. The van der Waals surface area contributed by atoms with E-state index in [0.29, 0.717) is 47.2 Å². The molecular weight excluding hydrogens is 813 g/mol. The van der Waals surface area contributed by atoms with Crippen molar-refractivity contribution >= 4 is 11.6 Å². The molecule has 0 aromatic rings. The van der Waals surface area contributed by atoms with Gasteiger partial charge in [0.2, 0.25) is 0 Å². The second-order valence-electron chi connectivity index (χ2n) is 26.0. The second kappa shape index (κ2) is 29.4. The van der Waals surface area contributed by atoms with Crippen LogP contribution in [-0.4, -0.2) is 153 Å². The third kappa shape index (κ3) is 22.9. The summed E-state index contributed by atoms with van der Waals surface area (Å²) in [5.74, 6) is 2.64. The lowest BCUT2D eigenvalue weighted by Crippen LogP contribution is -2.56. The van der Waals surface area contributed by atoms with Gasteiger partial charge in [-0.15, -0.1) is 0 Å². The number of piperidine rings is 6. The fourth-order valence-electron chi connectivity index (χ4n) is 11.6. The highest BCUT2D eigenvalue weighted by Gasteiger charge is 2.38. The van der Waals surface area contributed by atoms with E-state index < -0.39 is 0 Å². The standard InChI is InChI=1S/2C10H19NO.2C10H21N.2C9H19N/c1-8(2)11-7-9(12)5-6-10(11,3)4;1-8(2)11-7-5-6-9(12)10(11,3)4;1-9(2)11-7-5-6-10(3,4)8-11;1-9(2)11-8-6-5-7-10(11,3)4;2*1-8(2)10-6-4-5-9(3)7-10/h2*8H,5-7H2,1-4H3;2*9H,5-8H2,1-4H3;2*8-9H,4-7H2,1-3H3/t;;;;2*9-/m....10/s1. The molecule has 6 saturated heterocycles. The molecule has 0 amide bonds. The molecule has 392 valence electrons. The van der Waals surface area contributed by atoms with Crippen LogP contribution in [0.2, 0.25) is 0 Å². The highest BCUT2D eigenvalue weighted by Crippen LogP contribution is 2.31. The van der Waals surface area contributed by atoms with E-state index in [1.165, 1.54) is 104 Å². The minimum absolute atomic E-state index is 0.210. The van der Waals surface area contributed by atoms with E-state index in [0.717, 1.165) is 62.2 Å². The Morgan fingerprint density at radius 3 is 1.21 bits per heavy atom. The Hall–Kier alpha value is -0.900. The van der Waals surface area contributed by atoms with Crippen molar-refractivity contribution < 1.29 is 9.59 Å². The molecule has 0 saturated carbocycles. The van der Waals surface area contributed by atoms with Gasteiger partial charge in [0.15, 0.2) is 5.78 Å². The van der Waals surface area contributed by atoms with Crippen molar-refractivity contribution in [2.45, 2.75) is 289 Å². The molecule has 6 heterocycles.